The Bertz CT molecular complexity index is 534. The highest BCUT2D eigenvalue weighted by Crippen LogP contribution is 2.13. The Morgan fingerprint density at radius 3 is 2.60 bits per heavy atom. The van der Waals surface area contributed by atoms with Gasteiger partial charge < -0.3 is 10.3 Å². The summed E-state index contributed by atoms with van der Waals surface area (Å²) < 4.78 is 0. The average Bonchev–Trinajstić information content (AvgIpc) is 2.44. The molecule has 0 atom stereocenters. The Hall–Kier alpha value is -2.48. The van der Waals surface area contributed by atoms with E-state index in [0.29, 0.717) is 23.5 Å². The van der Waals surface area contributed by atoms with E-state index in [1.807, 2.05) is 6.92 Å². The molecule has 2 heterocycles. The summed E-state index contributed by atoms with van der Waals surface area (Å²) in [7, 11) is 0. The van der Waals surface area contributed by atoms with Crippen molar-refractivity contribution in [1.82, 2.24) is 15.2 Å². The molecule has 4 N–H and O–H groups in total. The Morgan fingerprint density at radius 2 is 2.05 bits per heavy atom. The number of aromatic nitrogens is 1. The average molecular weight is 277 g/mol. The molecular formula is C12H15N5O3. The Balaban J connectivity index is 2.28. The predicted octanol–water partition coefficient (Wildman–Crippen LogP) is -0.972. The maximum Gasteiger partial charge on any atom is 0.254 e. The van der Waals surface area contributed by atoms with E-state index in [1.165, 1.54) is 11.0 Å². The second-order valence-electron chi connectivity index (χ2n) is 4.36. The van der Waals surface area contributed by atoms with E-state index >= 15 is 0 Å². The van der Waals surface area contributed by atoms with Crippen molar-refractivity contribution in [3.05, 3.63) is 23.4 Å². The number of aryl methyl sites for hydroxylation is 1. The molecule has 1 aromatic rings. The number of nitrogens with two attached hydrogens (primary N) is 1. The van der Waals surface area contributed by atoms with Crippen LogP contribution in [-0.4, -0.2) is 40.7 Å². The van der Waals surface area contributed by atoms with Gasteiger partial charge >= 0.3 is 0 Å². The number of hydrogen-bond acceptors (Lipinski definition) is 6. The van der Waals surface area contributed by atoms with Crippen molar-refractivity contribution >= 4 is 23.5 Å². The van der Waals surface area contributed by atoms with Crippen LogP contribution in [0.2, 0.25) is 0 Å². The number of anilines is 1. The fourth-order valence-corrected chi connectivity index (χ4v) is 1.93. The Labute approximate surface area is 115 Å². The quantitative estimate of drug-likeness (QED) is 0.372. The van der Waals surface area contributed by atoms with Gasteiger partial charge in [0, 0.05) is 11.3 Å². The van der Waals surface area contributed by atoms with Crippen molar-refractivity contribution in [3.63, 3.8) is 0 Å². The fourth-order valence-electron chi connectivity index (χ4n) is 1.93. The van der Waals surface area contributed by atoms with Gasteiger partial charge in [-0.15, -0.1) is 0 Å². The topological polar surface area (TPSA) is 117 Å². The molecule has 0 radical (unpaired) electrons. The van der Waals surface area contributed by atoms with E-state index in [1.54, 1.807) is 6.07 Å². The van der Waals surface area contributed by atoms with Crippen molar-refractivity contribution in [2.45, 2.75) is 13.3 Å². The van der Waals surface area contributed by atoms with Crippen LogP contribution >= 0.6 is 0 Å². The summed E-state index contributed by atoms with van der Waals surface area (Å²) >= 11 is 0. The first-order valence-electron chi connectivity index (χ1n) is 6.13. The zero-order chi connectivity index (χ0) is 14.7. The van der Waals surface area contributed by atoms with Crippen LogP contribution in [0.5, 0.6) is 0 Å². The lowest BCUT2D eigenvalue weighted by Crippen LogP contribution is -2.53. The minimum absolute atomic E-state index is 0.139. The van der Waals surface area contributed by atoms with E-state index in [-0.39, 0.29) is 13.1 Å². The molecule has 8 nitrogen and oxygen atoms in total. The summed E-state index contributed by atoms with van der Waals surface area (Å²) in [5.41, 5.74) is 3.42. The van der Waals surface area contributed by atoms with Crippen LogP contribution in [0.1, 0.15) is 23.0 Å². The maximum atomic E-state index is 12.3. The third-order valence-corrected chi connectivity index (χ3v) is 2.87. The number of carbonyl (C=O) groups is 3. The first kappa shape index (κ1) is 13.9. The van der Waals surface area contributed by atoms with Crippen LogP contribution in [0, 0.1) is 0 Å². The first-order valence-corrected chi connectivity index (χ1v) is 6.13. The molecular weight excluding hydrogens is 262 g/mol. The summed E-state index contributed by atoms with van der Waals surface area (Å²) in [4.78, 5) is 40.3. The van der Waals surface area contributed by atoms with Crippen LogP contribution in [0.25, 0.3) is 0 Å². The smallest absolute Gasteiger partial charge is 0.254 e. The summed E-state index contributed by atoms with van der Waals surface area (Å²) in [6.45, 7) is 1.62. The lowest BCUT2D eigenvalue weighted by molar-refractivity contribution is -0.135. The number of rotatable bonds is 3. The van der Waals surface area contributed by atoms with E-state index in [9.17, 15) is 14.4 Å². The molecule has 1 aromatic heterocycles. The van der Waals surface area contributed by atoms with Crippen molar-refractivity contribution in [2.75, 3.05) is 18.5 Å². The van der Waals surface area contributed by atoms with Crippen LogP contribution in [0.3, 0.4) is 0 Å². The van der Waals surface area contributed by atoms with Crippen LogP contribution in [0.4, 0.5) is 5.82 Å². The molecule has 0 aliphatic carbocycles. The number of hydrogen-bond donors (Lipinski definition) is 3. The highest BCUT2D eigenvalue weighted by molar-refractivity contribution is 6.05. The SMILES string of the molecule is CCc1cc(C(=O)N2CC(=O)NC(=O)C2)cc(NN)n1. The molecule has 1 aliphatic heterocycles. The van der Waals surface area contributed by atoms with E-state index in [4.69, 9.17) is 5.84 Å². The molecule has 0 bridgehead atoms. The molecule has 0 unspecified atom stereocenters. The molecule has 8 heteroatoms. The largest absolute Gasteiger partial charge is 0.320 e. The van der Waals surface area contributed by atoms with Gasteiger partial charge in [-0.1, -0.05) is 6.92 Å². The molecule has 3 amide bonds. The molecule has 1 saturated heterocycles. The molecule has 1 aliphatic rings. The van der Waals surface area contributed by atoms with Gasteiger partial charge in [0.2, 0.25) is 11.8 Å². The number of pyridine rings is 1. The zero-order valence-electron chi connectivity index (χ0n) is 11.0. The van der Waals surface area contributed by atoms with E-state index in [0.717, 1.165) is 0 Å². The van der Waals surface area contributed by atoms with Gasteiger partial charge in [-0.25, -0.2) is 10.8 Å². The van der Waals surface area contributed by atoms with Crippen molar-refractivity contribution < 1.29 is 14.4 Å². The van der Waals surface area contributed by atoms with E-state index in [2.05, 4.69) is 15.7 Å². The number of nitrogens with one attached hydrogen (secondary N) is 2. The zero-order valence-corrected chi connectivity index (χ0v) is 11.0. The van der Waals surface area contributed by atoms with Gasteiger partial charge in [-0.2, -0.15) is 0 Å². The molecule has 2 rings (SSSR count). The van der Waals surface area contributed by atoms with E-state index < -0.39 is 17.7 Å². The van der Waals surface area contributed by atoms with Gasteiger partial charge in [0.05, 0.1) is 0 Å². The van der Waals surface area contributed by atoms with Gasteiger partial charge in [-0.3, -0.25) is 19.7 Å². The molecule has 106 valence electrons. The van der Waals surface area contributed by atoms with Crippen LogP contribution in [-0.2, 0) is 16.0 Å². The second kappa shape index (κ2) is 5.66. The fraction of sp³-hybridized carbons (Fsp3) is 0.333. The molecule has 20 heavy (non-hydrogen) atoms. The monoisotopic (exact) mass is 277 g/mol. The number of piperazine rings is 1. The Kier molecular flexibility index (Phi) is 3.94. The lowest BCUT2D eigenvalue weighted by atomic mass is 10.1. The van der Waals surface area contributed by atoms with Crippen LogP contribution in [0.15, 0.2) is 12.1 Å². The molecule has 0 saturated carbocycles. The molecule has 1 fully saturated rings. The third kappa shape index (κ3) is 2.91. The lowest BCUT2D eigenvalue weighted by Gasteiger charge is -2.25. The molecule has 0 aromatic carbocycles. The summed E-state index contributed by atoms with van der Waals surface area (Å²) in [6.07, 6.45) is 0.634. The highest BCUT2D eigenvalue weighted by Gasteiger charge is 2.27. The van der Waals surface area contributed by atoms with Crippen LogP contribution < -0.4 is 16.6 Å². The standard InChI is InChI=1S/C12H15N5O3/c1-2-8-3-7(4-9(14-8)16-13)12(20)17-5-10(18)15-11(19)6-17/h3-4H,2,5-6,13H2,1H3,(H,14,16)(H,15,18,19). The summed E-state index contributed by atoms with van der Waals surface area (Å²) in [5.74, 6) is 4.29. The van der Waals surface area contributed by atoms with Gasteiger partial charge in [-0.05, 0) is 18.6 Å². The number of imide groups is 1. The normalized spacial score (nSPS) is 15.0. The number of hydrazine groups is 1. The van der Waals surface area contributed by atoms with Crippen molar-refractivity contribution in [3.8, 4) is 0 Å². The number of nitrogen functional groups attached to an aromatic ring is 1. The maximum absolute atomic E-state index is 12.3. The van der Waals surface area contributed by atoms with Gasteiger partial charge in [0.15, 0.2) is 0 Å². The summed E-state index contributed by atoms with van der Waals surface area (Å²) in [5, 5.41) is 2.14. The number of carbonyl (C=O) groups excluding carboxylic acids is 3. The minimum Gasteiger partial charge on any atom is -0.320 e. The minimum atomic E-state index is -0.489. The third-order valence-electron chi connectivity index (χ3n) is 2.87. The Morgan fingerprint density at radius 1 is 1.40 bits per heavy atom. The van der Waals surface area contributed by atoms with Gasteiger partial charge in [0.25, 0.3) is 5.91 Å². The number of nitrogens with zero attached hydrogens (tertiary/aromatic N) is 2. The predicted molar refractivity (Wildman–Crippen MR) is 70.5 cm³/mol. The summed E-state index contributed by atoms with van der Waals surface area (Å²) in [6, 6.07) is 3.11. The first-order chi connectivity index (χ1) is 9.53. The van der Waals surface area contributed by atoms with Gasteiger partial charge in [0.1, 0.15) is 18.9 Å². The number of amides is 3. The highest BCUT2D eigenvalue weighted by atomic mass is 16.2. The van der Waals surface area contributed by atoms with Crippen molar-refractivity contribution in [1.29, 1.82) is 0 Å². The second-order valence-corrected chi connectivity index (χ2v) is 4.36. The van der Waals surface area contributed by atoms with Crippen molar-refractivity contribution in [2.24, 2.45) is 5.84 Å². The molecule has 0 spiro atoms.